The lowest BCUT2D eigenvalue weighted by Gasteiger charge is -2.43. The lowest BCUT2D eigenvalue weighted by molar-refractivity contribution is -0.153. The highest BCUT2D eigenvalue weighted by Gasteiger charge is 2.31. The van der Waals surface area contributed by atoms with E-state index >= 15 is 0 Å². The highest BCUT2D eigenvalue weighted by Crippen LogP contribution is 2.33. The minimum atomic E-state index is -4.35. The first-order valence-electron chi connectivity index (χ1n) is 13.2. The number of rotatable bonds is 9. The molecular formula is C27H42F3N3O3. The zero-order valence-corrected chi connectivity index (χ0v) is 21.9. The van der Waals surface area contributed by atoms with Gasteiger partial charge in [0.05, 0.1) is 5.69 Å². The number of carbonyl (C=O) groups excluding carboxylic acids is 1. The first kappa shape index (κ1) is 28.4. The summed E-state index contributed by atoms with van der Waals surface area (Å²) in [5, 5.41) is 2.83. The van der Waals surface area contributed by atoms with Crippen molar-refractivity contribution < 1.29 is 27.4 Å². The number of halogens is 3. The molecule has 1 saturated carbocycles. The van der Waals surface area contributed by atoms with Crippen LogP contribution in [0.5, 0.6) is 5.75 Å². The van der Waals surface area contributed by atoms with Gasteiger partial charge < -0.3 is 19.7 Å². The number of benzene rings is 1. The number of hydrogen-bond acceptors (Lipinski definition) is 5. The maximum Gasteiger partial charge on any atom is 0.422 e. The van der Waals surface area contributed by atoms with Crippen LogP contribution in [0.4, 0.5) is 23.7 Å². The monoisotopic (exact) mass is 513 g/mol. The van der Waals surface area contributed by atoms with E-state index in [4.69, 9.17) is 9.47 Å². The topological polar surface area (TPSA) is 54.0 Å². The molecule has 1 heterocycles. The molecule has 1 saturated heterocycles. The second-order valence-corrected chi connectivity index (χ2v) is 11.0. The van der Waals surface area contributed by atoms with Crippen LogP contribution < -0.4 is 15.0 Å². The van der Waals surface area contributed by atoms with E-state index in [-0.39, 0.29) is 6.09 Å². The van der Waals surface area contributed by atoms with Gasteiger partial charge in [0.15, 0.2) is 6.61 Å². The maximum absolute atomic E-state index is 12.6. The molecule has 1 aromatic carbocycles. The average Bonchev–Trinajstić information content (AvgIpc) is 2.82. The summed E-state index contributed by atoms with van der Waals surface area (Å²) in [5.74, 6) is 1.05. The SMILES string of the molecule is CC(C)(C)OC(=O)NCCCCC1CCC(N2CCN(c3ccccc3OCC(F)(F)F)CC2)CC1. The minimum Gasteiger partial charge on any atom is -0.482 e. The van der Waals surface area contributed by atoms with E-state index in [2.05, 4.69) is 15.1 Å². The van der Waals surface area contributed by atoms with Crippen LogP contribution in [0.15, 0.2) is 24.3 Å². The van der Waals surface area contributed by atoms with Gasteiger partial charge in [0.25, 0.3) is 0 Å². The molecular weight excluding hydrogens is 471 g/mol. The van der Waals surface area contributed by atoms with Crippen LogP contribution in [-0.2, 0) is 4.74 Å². The van der Waals surface area contributed by atoms with E-state index < -0.39 is 18.4 Å². The van der Waals surface area contributed by atoms with E-state index in [1.54, 1.807) is 12.1 Å². The molecule has 1 amide bonds. The summed E-state index contributed by atoms with van der Waals surface area (Å²) in [6.07, 6.45) is 3.46. The van der Waals surface area contributed by atoms with E-state index in [0.717, 1.165) is 50.6 Å². The quantitative estimate of drug-likeness (QED) is 0.410. The molecule has 0 bridgehead atoms. The smallest absolute Gasteiger partial charge is 0.422 e. The number of anilines is 1. The Bertz CT molecular complexity index is 812. The summed E-state index contributed by atoms with van der Waals surface area (Å²) >= 11 is 0. The summed E-state index contributed by atoms with van der Waals surface area (Å²) in [7, 11) is 0. The van der Waals surface area contributed by atoms with E-state index in [0.29, 0.717) is 18.3 Å². The Morgan fingerprint density at radius 2 is 1.67 bits per heavy atom. The van der Waals surface area contributed by atoms with Gasteiger partial charge in [-0.2, -0.15) is 13.2 Å². The second kappa shape index (κ2) is 12.9. The van der Waals surface area contributed by atoms with Gasteiger partial charge in [0.1, 0.15) is 11.4 Å². The molecule has 2 fully saturated rings. The van der Waals surface area contributed by atoms with Gasteiger partial charge in [-0.25, -0.2) is 4.79 Å². The van der Waals surface area contributed by atoms with Crippen LogP contribution in [0.3, 0.4) is 0 Å². The second-order valence-electron chi connectivity index (χ2n) is 11.0. The molecule has 3 rings (SSSR count). The van der Waals surface area contributed by atoms with Crippen LogP contribution in [0, 0.1) is 5.92 Å². The molecule has 2 aliphatic rings. The van der Waals surface area contributed by atoms with Gasteiger partial charge >= 0.3 is 12.3 Å². The molecule has 0 atom stereocenters. The first-order valence-corrected chi connectivity index (χ1v) is 13.2. The van der Waals surface area contributed by atoms with Gasteiger partial charge in [-0.15, -0.1) is 0 Å². The molecule has 1 aliphatic carbocycles. The Morgan fingerprint density at radius 3 is 2.31 bits per heavy atom. The molecule has 9 heteroatoms. The maximum atomic E-state index is 12.6. The number of unbranched alkanes of at least 4 members (excludes halogenated alkanes) is 1. The number of alkyl carbamates (subject to hydrolysis) is 1. The third kappa shape index (κ3) is 9.71. The Morgan fingerprint density at radius 1 is 1.00 bits per heavy atom. The molecule has 1 aliphatic heterocycles. The fraction of sp³-hybridized carbons (Fsp3) is 0.741. The van der Waals surface area contributed by atoms with Crippen molar-refractivity contribution in [2.45, 2.75) is 83.5 Å². The lowest BCUT2D eigenvalue weighted by atomic mass is 9.82. The van der Waals surface area contributed by atoms with E-state index in [1.807, 2.05) is 32.9 Å². The Hall–Kier alpha value is -2.16. The highest BCUT2D eigenvalue weighted by atomic mass is 19.4. The van der Waals surface area contributed by atoms with Crippen molar-refractivity contribution >= 4 is 11.8 Å². The summed E-state index contributed by atoms with van der Waals surface area (Å²) in [6, 6.07) is 7.60. The number of carbonyl (C=O) groups is 1. The van der Waals surface area contributed by atoms with Gasteiger partial charge in [-0.05, 0) is 70.9 Å². The first-order chi connectivity index (χ1) is 17.0. The number of piperazine rings is 1. The molecule has 1 aromatic rings. The third-order valence-electron chi connectivity index (χ3n) is 6.95. The highest BCUT2D eigenvalue weighted by molar-refractivity contribution is 5.67. The molecule has 36 heavy (non-hydrogen) atoms. The zero-order chi connectivity index (χ0) is 26.2. The van der Waals surface area contributed by atoms with Gasteiger partial charge in [0, 0.05) is 38.8 Å². The van der Waals surface area contributed by atoms with Crippen LogP contribution >= 0.6 is 0 Å². The molecule has 0 radical (unpaired) electrons. The van der Waals surface area contributed by atoms with Crippen molar-refractivity contribution in [3.8, 4) is 5.75 Å². The van der Waals surface area contributed by atoms with Crippen LogP contribution in [0.25, 0.3) is 0 Å². The lowest BCUT2D eigenvalue weighted by Crippen LogP contribution is -2.51. The largest absolute Gasteiger partial charge is 0.482 e. The van der Waals surface area contributed by atoms with Crippen molar-refractivity contribution in [2.75, 3.05) is 44.2 Å². The Labute approximate surface area is 213 Å². The number of alkyl halides is 3. The number of para-hydroxylation sites is 2. The van der Waals surface area contributed by atoms with Crippen LogP contribution in [0.2, 0.25) is 0 Å². The normalized spacial score (nSPS) is 21.8. The number of hydrogen-bond donors (Lipinski definition) is 1. The fourth-order valence-electron chi connectivity index (χ4n) is 5.19. The fourth-order valence-corrected chi connectivity index (χ4v) is 5.19. The molecule has 0 aromatic heterocycles. The third-order valence-corrected chi connectivity index (χ3v) is 6.95. The molecule has 0 spiro atoms. The summed E-state index contributed by atoms with van der Waals surface area (Å²) in [4.78, 5) is 16.4. The Kier molecular flexibility index (Phi) is 10.2. The molecule has 204 valence electrons. The van der Waals surface area contributed by atoms with Gasteiger partial charge in [-0.1, -0.05) is 25.0 Å². The number of nitrogens with zero attached hydrogens (tertiary/aromatic N) is 2. The van der Waals surface area contributed by atoms with Crippen LogP contribution in [-0.4, -0.2) is 68.1 Å². The van der Waals surface area contributed by atoms with Crippen LogP contribution in [0.1, 0.15) is 65.7 Å². The molecule has 6 nitrogen and oxygen atoms in total. The summed E-state index contributed by atoms with van der Waals surface area (Å²) in [5.41, 5.74) is 0.275. The molecule has 1 N–H and O–H groups in total. The summed E-state index contributed by atoms with van der Waals surface area (Å²) in [6.45, 7) is 8.37. The van der Waals surface area contributed by atoms with E-state index in [9.17, 15) is 18.0 Å². The number of ether oxygens (including phenoxy) is 2. The standard InChI is InChI=1S/C27H42F3N3O3/c1-26(2,3)36-25(34)31-15-7-6-8-21-11-13-22(14-12-21)32-16-18-33(19-17-32)23-9-4-5-10-24(23)35-20-27(28,29)30/h4-5,9-10,21-22H,6-8,11-20H2,1-3H3,(H,31,34). The van der Waals surface area contributed by atoms with Crippen molar-refractivity contribution in [1.29, 1.82) is 0 Å². The van der Waals surface area contributed by atoms with Crippen molar-refractivity contribution in [3.63, 3.8) is 0 Å². The Balaban J connectivity index is 1.33. The van der Waals surface area contributed by atoms with Crippen molar-refractivity contribution in [2.24, 2.45) is 5.92 Å². The van der Waals surface area contributed by atoms with E-state index in [1.165, 1.54) is 32.1 Å². The summed E-state index contributed by atoms with van der Waals surface area (Å²) < 4.78 is 48.2. The minimum absolute atomic E-state index is 0.296. The average molecular weight is 514 g/mol. The van der Waals surface area contributed by atoms with Gasteiger partial charge in [0.2, 0.25) is 0 Å². The van der Waals surface area contributed by atoms with Crippen molar-refractivity contribution in [1.82, 2.24) is 10.2 Å². The zero-order valence-electron chi connectivity index (χ0n) is 21.9. The predicted octanol–water partition coefficient (Wildman–Crippen LogP) is 6.00. The number of nitrogens with one attached hydrogen (secondary N) is 1. The molecule has 0 unspecified atom stereocenters. The van der Waals surface area contributed by atoms with Crippen molar-refractivity contribution in [3.05, 3.63) is 24.3 Å². The predicted molar refractivity (Wildman–Crippen MR) is 136 cm³/mol. The van der Waals surface area contributed by atoms with Gasteiger partial charge in [-0.3, -0.25) is 4.90 Å². The number of amides is 1.